The first-order valence-corrected chi connectivity index (χ1v) is 24.3. The molecule has 10 rings (SSSR count). The van der Waals surface area contributed by atoms with Crippen molar-refractivity contribution >= 4 is 93.2 Å². The Balaban J connectivity index is 0.000000366. The third-order valence-electron chi connectivity index (χ3n) is 11.0. The van der Waals surface area contributed by atoms with Gasteiger partial charge in [0.1, 0.15) is 23.3 Å². The normalized spacial score (nSPS) is 12.8. The van der Waals surface area contributed by atoms with Gasteiger partial charge in [0.25, 0.3) is 11.8 Å². The molecule has 8 aromatic rings. The molecule has 17 nitrogen and oxygen atoms in total. The van der Waals surface area contributed by atoms with Gasteiger partial charge in [-0.2, -0.15) is 10.2 Å². The number of hydrogen-bond acceptors (Lipinski definition) is 15. The average Bonchev–Trinajstić information content (AvgIpc) is 3.94. The number of rotatable bonds is 15. The predicted molar refractivity (Wildman–Crippen MR) is 286 cm³/mol. The van der Waals surface area contributed by atoms with Crippen LogP contribution >= 0.6 is 35.1 Å². The van der Waals surface area contributed by atoms with Gasteiger partial charge >= 0.3 is 0 Å². The van der Waals surface area contributed by atoms with Crippen LogP contribution in [0.25, 0.3) is 0 Å². The summed E-state index contributed by atoms with van der Waals surface area (Å²) >= 11 is 9.06. The maximum absolute atomic E-state index is 12.5. The molecule has 0 aliphatic carbocycles. The fraction of sp³-hybridized carbons (Fsp3) is 0.204. The van der Waals surface area contributed by atoms with Gasteiger partial charge in [0.15, 0.2) is 21.9 Å². The fourth-order valence-electron chi connectivity index (χ4n) is 7.00. The van der Waals surface area contributed by atoms with Gasteiger partial charge in [-0.25, -0.2) is 19.9 Å². The number of carbonyl (C=O) groups excluding carboxylic acids is 2. The lowest BCUT2D eigenvalue weighted by atomic mass is 10.2. The van der Waals surface area contributed by atoms with Crippen LogP contribution in [0.15, 0.2) is 135 Å². The first-order valence-electron chi connectivity index (χ1n) is 22.3. The SMILES string of the molecule is CCc1cc(Nc2cc(N3CCC3)nc(Sc3ccc(NC(=O)c4ccccc4Cl)cc3)n2)n[nH]1.Cc1cc(Nc2cc(N3CCC3)nc(Sc3ccc(NC(=O)c4cccnc4C)cc3)n2)n[nH]1.[HH].[HH].[HH].[HH].[HH].[HH]. The molecule has 2 amide bonds. The Morgan fingerprint density at radius 1 is 0.638 bits per heavy atom. The molecule has 69 heavy (non-hydrogen) atoms. The molecule has 362 valence electrons. The zero-order chi connectivity index (χ0) is 47.7. The molecule has 0 spiro atoms. The first-order chi connectivity index (χ1) is 33.6. The Labute approximate surface area is 421 Å². The Morgan fingerprint density at radius 3 is 1.64 bits per heavy atom. The number of pyridine rings is 1. The minimum absolute atomic E-state index is 0. The summed E-state index contributed by atoms with van der Waals surface area (Å²) in [5.74, 6) is 4.20. The zero-order valence-corrected chi connectivity index (χ0v) is 40.3. The second-order valence-corrected chi connectivity index (χ2v) is 18.6. The number of aromatic nitrogens is 9. The van der Waals surface area contributed by atoms with Gasteiger partial charge in [-0.3, -0.25) is 24.8 Å². The number of nitrogens with one attached hydrogen (secondary N) is 6. The average molecular weight is 991 g/mol. The van der Waals surface area contributed by atoms with Gasteiger partial charge in [-0.05, 0) is 129 Å². The van der Waals surface area contributed by atoms with Crippen molar-refractivity contribution in [1.82, 2.24) is 45.3 Å². The quantitative estimate of drug-likeness (QED) is 0.0528. The summed E-state index contributed by atoms with van der Waals surface area (Å²) < 4.78 is 0. The van der Waals surface area contributed by atoms with Gasteiger partial charge in [0, 0.05) is 103 Å². The van der Waals surface area contributed by atoms with Crippen molar-refractivity contribution in [3.8, 4) is 0 Å². The Kier molecular flexibility index (Phi) is 14.6. The number of nitrogens with zero attached hydrogens (tertiary/aromatic N) is 9. The predicted octanol–water partition coefficient (Wildman–Crippen LogP) is 11.8. The summed E-state index contributed by atoms with van der Waals surface area (Å²) in [7, 11) is 0. The van der Waals surface area contributed by atoms with Crippen molar-refractivity contribution in [3.63, 3.8) is 0 Å². The van der Waals surface area contributed by atoms with Crippen LogP contribution in [0.5, 0.6) is 0 Å². The Bertz CT molecular complexity index is 3100. The van der Waals surface area contributed by atoms with E-state index in [1.54, 1.807) is 42.6 Å². The molecule has 3 aromatic carbocycles. The molecular weight excluding hydrogens is 930 g/mol. The molecule has 6 N–H and O–H groups in total. The highest BCUT2D eigenvalue weighted by Gasteiger charge is 2.21. The maximum atomic E-state index is 12.5. The highest BCUT2D eigenvalue weighted by Crippen LogP contribution is 2.33. The molecule has 2 aliphatic rings. The number of benzene rings is 3. The molecule has 0 unspecified atom stereocenters. The zero-order valence-electron chi connectivity index (χ0n) is 38.0. The molecule has 20 heteroatoms. The molecule has 2 saturated heterocycles. The number of amides is 2. The summed E-state index contributed by atoms with van der Waals surface area (Å²) in [6, 6.07) is 33.5. The second-order valence-electron chi connectivity index (χ2n) is 16.1. The van der Waals surface area contributed by atoms with Crippen molar-refractivity contribution in [2.45, 2.75) is 60.1 Å². The molecule has 0 bridgehead atoms. The number of aryl methyl sites for hydroxylation is 3. The highest BCUT2D eigenvalue weighted by atomic mass is 35.5. The van der Waals surface area contributed by atoms with Crippen LogP contribution in [0, 0.1) is 13.8 Å². The summed E-state index contributed by atoms with van der Waals surface area (Å²) in [6.07, 6.45) is 4.89. The van der Waals surface area contributed by atoms with Crippen LogP contribution in [-0.2, 0) is 6.42 Å². The largest absolute Gasteiger partial charge is 0.356 e. The van der Waals surface area contributed by atoms with E-state index in [0.717, 1.165) is 77.7 Å². The van der Waals surface area contributed by atoms with E-state index < -0.39 is 0 Å². The van der Waals surface area contributed by atoms with E-state index in [2.05, 4.69) is 68.4 Å². The van der Waals surface area contributed by atoms with Crippen molar-refractivity contribution in [3.05, 3.63) is 149 Å². The third-order valence-corrected chi connectivity index (χ3v) is 13.1. The molecule has 0 radical (unpaired) electrons. The third kappa shape index (κ3) is 12.2. The molecule has 5 aromatic heterocycles. The monoisotopic (exact) mass is 989 g/mol. The molecule has 7 heterocycles. The highest BCUT2D eigenvalue weighted by molar-refractivity contribution is 7.99. The lowest BCUT2D eigenvalue weighted by molar-refractivity contribution is 0.101. The number of aromatic amines is 2. The van der Waals surface area contributed by atoms with E-state index in [1.807, 2.05) is 86.6 Å². The summed E-state index contributed by atoms with van der Waals surface area (Å²) in [4.78, 5) is 54.5. The van der Waals surface area contributed by atoms with Crippen LogP contribution in [-0.4, -0.2) is 83.3 Å². The topological polar surface area (TPSA) is 211 Å². The molecule has 2 aliphatic heterocycles. The van der Waals surface area contributed by atoms with Crippen LogP contribution < -0.4 is 31.1 Å². The lowest BCUT2D eigenvalue weighted by Gasteiger charge is -2.32. The van der Waals surface area contributed by atoms with Gasteiger partial charge in [-0.15, -0.1) is 0 Å². The maximum Gasteiger partial charge on any atom is 0.257 e. The van der Waals surface area contributed by atoms with E-state index in [4.69, 9.17) is 26.6 Å². The standard InChI is InChI=1S/C25H24ClN7OS.C24H24N8OS.6H2/c1-2-16-14-22(32-31-16)28-21-15-23(33-12-5-13-33)30-25(29-21)35-18-10-8-17(9-11-18)27-24(34)19-6-3-4-7-20(19)26;1-15-13-21(31-30-15)27-20-14-22(32-11-4-12-32)29-24(28-20)34-18-8-6-17(7-9-18)26-23(33)19-5-3-10-25-16(19)2;;;;;;/h3-4,6-11,14-15H,2,5,12-13H2,1H3,(H,27,34)(H2,28,29,30,31,32);3,5-10,13-14H,4,11-12H2,1-2H3,(H,26,33)(H2,27,28,29,30,31);6*1H. The smallest absolute Gasteiger partial charge is 0.257 e. The Morgan fingerprint density at radius 2 is 1.16 bits per heavy atom. The number of hydrogen-bond donors (Lipinski definition) is 6. The molecule has 0 atom stereocenters. The van der Waals surface area contributed by atoms with Crippen molar-refractivity contribution in [1.29, 1.82) is 0 Å². The van der Waals surface area contributed by atoms with E-state index in [-0.39, 0.29) is 20.4 Å². The number of anilines is 8. The second kappa shape index (κ2) is 21.6. The minimum Gasteiger partial charge on any atom is -0.356 e. The van der Waals surface area contributed by atoms with Crippen LogP contribution in [0.1, 0.15) is 66.1 Å². The van der Waals surface area contributed by atoms with E-state index in [0.29, 0.717) is 61.0 Å². The van der Waals surface area contributed by atoms with Crippen molar-refractivity contribution in [2.75, 3.05) is 57.2 Å². The van der Waals surface area contributed by atoms with Crippen LogP contribution in [0.3, 0.4) is 0 Å². The van der Waals surface area contributed by atoms with Gasteiger partial charge in [-0.1, -0.05) is 30.7 Å². The number of H-pyrrole nitrogens is 2. The van der Waals surface area contributed by atoms with Crippen molar-refractivity contribution in [2.24, 2.45) is 0 Å². The van der Waals surface area contributed by atoms with Crippen LogP contribution in [0.2, 0.25) is 5.02 Å². The van der Waals surface area contributed by atoms with Gasteiger partial charge in [0.05, 0.1) is 16.1 Å². The summed E-state index contributed by atoms with van der Waals surface area (Å²) in [5.41, 5.74) is 5.11. The Hall–Kier alpha value is -7.48. The summed E-state index contributed by atoms with van der Waals surface area (Å²) in [5, 5.41) is 28.5. The molecular formula is C49H60ClN15O2S2. The number of halogens is 1. The van der Waals surface area contributed by atoms with Gasteiger partial charge < -0.3 is 31.1 Å². The fourth-order valence-corrected chi connectivity index (χ4v) is 8.75. The van der Waals surface area contributed by atoms with E-state index in [9.17, 15) is 9.59 Å². The number of carbonyl (C=O) groups is 2. The molecule has 2 fully saturated rings. The van der Waals surface area contributed by atoms with Gasteiger partial charge in [0.2, 0.25) is 0 Å². The van der Waals surface area contributed by atoms with E-state index in [1.165, 1.54) is 29.9 Å². The minimum atomic E-state index is -0.248. The molecule has 0 saturated carbocycles. The lowest BCUT2D eigenvalue weighted by Crippen LogP contribution is -2.37. The first kappa shape index (κ1) is 46.6. The van der Waals surface area contributed by atoms with Crippen molar-refractivity contribution < 1.29 is 18.1 Å². The summed E-state index contributed by atoms with van der Waals surface area (Å²) in [6.45, 7) is 9.81. The van der Waals surface area contributed by atoms with E-state index >= 15 is 0 Å². The van der Waals surface area contributed by atoms with Crippen LogP contribution in [0.4, 0.5) is 46.3 Å².